The number of anilines is 2. The Bertz CT molecular complexity index is 2560. The molecule has 0 aromatic heterocycles. The second kappa shape index (κ2) is 18.3. The van der Waals surface area contributed by atoms with Crippen LogP contribution in [0, 0.1) is 5.92 Å². The Morgan fingerprint density at radius 1 is 0.683 bits per heavy atom. The van der Waals surface area contributed by atoms with E-state index in [1.165, 1.54) is 15.9 Å². The Morgan fingerprint density at radius 3 is 1.89 bits per heavy atom. The normalized spacial score (nSPS) is 17.0. The molecule has 2 unspecified atom stereocenters. The minimum atomic E-state index is -1.96. The first kappa shape index (κ1) is 41.6. The Hall–Kier alpha value is -6.76. The second-order valence-corrected chi connectivity index (χ2v) is 20.1. The van der Waals surface area contributed by atoms with Crippen LogP contribution in [0.25, 0.3) is 0 Å². The highest BCUT2D eigenvalue weighted by molar-refractivity contribution is 7.95. The van der Waals surface area contributed by atoms with E-state index in [4.69, 9.17) is 4.74 Å². The van der Waals surface area contributed by atoms with E-state index >= 15 is 0 Å². The number of carbonyl (C=O) groups excluding carboxylic acids is 3. The summed E-state index contributed by atoms with van der Waals surface area (Å²) >= 11 is 0. The molecule has 0 bridgehead atoms. The van der Waals surface area contributed by atoms with Crippen molar-refractivity contribution in [1.82, 2.24) is 9.80 Å². The lowest BCUT2D eigenvalue weighted by Crippen LogP contribution is -2.50. The number of benzene rings is 6. The van der Waals surface area contributed by atoms with Gasteiger partial charge in [0.2, 0.25) is 5.91 Å². The SMILES string of the molecule is CN(c1ccc(O)cc1)c1ccc2c(c1)OC1=CC(=O)C=CC1C2c1ccccc1C(=O)N1CCN(C(=O)CCCC[P+](c2ccccc2)(c2ccccc2)c2ccccc2)CC1. The van der Waals surface area contributed by atoms with Gasteiger partial charge in [-0.25, -0.2) is 0 Å². The molecule has 1 aliphatic carbocycles. The van der Waals surface area contributed by atoms with E-state index < -0.39 is 7.26 Å². The van der Waals surface area contributed by atoms with Crippen molar-refractivity contribution in [3.05, 3.63) is 198 Å². The molecule has 2 amide bonds. The Balaban J connectivity index is 0.886. The molecule has 1 fully saturated rings. The molecule has 63 heavy (non-hydrogen) atoms. The number of piperazine rings is 1. The molecule has 0 radical (unpaired) electrons. The number of phenols is 1. The third kappa shape index (κ3) is 8.44. The quantitative estimate of drug-likeness (QED) is 0.0979. The van der Waals surface area contributed by atoms with Gasteiger partial charge in [-0.15, -0.1) is 0 Å². The topological polar surface area (TPSA) is 90.4 Å². The van der Waals surface area contributed by atoms with Crippen LogP contribution in [-0.2, 0) is 9.59 Å². The van der Waals surface area contributed by atoms with Crippen molar-refractivity contribution in [3.63, 3.8) is 0 Å². The maximum atomic E-state index is 14.5. The number of aromatic hydroxyl groups is 1. The average molecular weight is 853 g/mol. The van der Waals surface area contributed by atoms with Crippen molar-refractivity contribution in [3.8, 4) is 11.5 Å². The van der Waals surface area contributed by atoms with Crippen molar-refractivity contribution in [2.75, 3.05) is 44.3 Å². The molecule has 2 aliphatic heterocycles. The molecule has 3 aliphatic rings. The lowest BCUT2D eigenvalue weighted by atomic mass is 9.74. The molecule has 316 valence electrons. The van der Waals surface area contributed by atoms with Gasteiger partial charge in [0, 0.05) is 86.1 Å². The summed E-state index contributed by atoms with van der Waals surface area (Å²) in [5, 5.41) is 13.9. The van der Waals surface area contributed by atoms with Crippen molar-refractivity contribution in [1.29, 1.82) is 0 Å². The van der Waals surface area contributed by atoms with E-state index in [1.54, 1.807) is 24.3 Å². The van der Waals surface area contributed by atoms with Gasteiger partial charge in [0.15, 0.2) is 5.78 Å². The van der Waals surface area contributed by atoms with Crippen molar-refractivity contribution in [2.45, 2.75) is 25.2 Å². The number of hydrogen-bond donors (Lipinski definition) is 1. The number of rotatable bonds is 12. The Kier molecular flexibility index (Phi) is 12.1. The van der Waals surface area contributed by atoms with Crippen molar-refractivity contribution >= 4 is 52.1 Å². The lowest BCUT2D eigenvalue weighted by Gasteiger charge is -2.38. The molecule has 2 atom stereocenters. The monoisotopic (exact) mass is 852 g/mol. The van der Waals surface area contributed by atoms with Crippen LogP contribution in [0.4, 0.5) is 11.4 Å². The van der Waals surface area contributed by atoms with Gasteiger partial charge in [0.1, 0.15) is 40.4 Å². The summed E-state index contributed by atoms with van der Waals surface area (Å²) in [6, 6.07) is 53.4. The highest BCUT2D eigenvalue weighted by atomic mass is 31.2. The summed E-state index contributed by atoms with van der Waals surface area (Å²) in [6.07, 6.45) is 8.17. The smallest absolute Gasteiger partial charge is 0.254 e. The van der Waals surface area contributed by atoms with Crippen LogP contribution in [0.15, 0.2) is 182 Å². The summed E-state index contributed by atoms with van der Waals surface area (Å²) in [6.45, 7) is 1.87. The van der Waals surface area contributed by atoms with Gasteiger partial charge >= 0.3 is 0 Å². The predicted molar refractivity (Wildman–Crippen MR) is 254 cm³/mol. The van der Waals surface area contributed by atoms with Gasteiger partial charge in [0.05, 0.1) is 6.16 Å². The van der Waals surface area contributed by atoms with Crippen LogP contribution in [-0.4, -0.2) is 71.9 Å². The Morgan fingerprint density at radius 2 is 1.25 bits per heavy atom. The molecular formula is C54H51N3O5P+. The molecule has 6 aromatic rings. The molecule has 1 saturated heterocycles. The zero-order valence-electron chi connectivity index (χ0n) is 35.4. The lowest BCUT2D eigenvalue weighted by molar-refractivity contribution is -0.132. The standard InChI is InChI=1S/C54H50N3O5P/c1-55(39-24-27-41(58)28-25-39)40-26-30-48-50(37-40)62-51-38-42(59)29-31-49(51)53(48)46-21-11-12-22-47(46)54(61)57-34-32-56(33-35-57)52(60)23-13-14-36-63(43-15-5-2-6-16-43,44-17-7-3-8-18-44)45-19-9-4-10-20-45/h2-12,15-22,24-31,37-38,49,53H,13-14,23,32-36H2,1H3/p+1. The average Bonchev–Trinajstić information content (AvgIpc) is 3.33. The molecule has 0 saturated carbocycles. The van der Waals surface area contributed by atoms with Crippen LogP contribution in [0.3, 0.4) is 0 Å². The van der Waals surface area contributed by atoms with E-state index in [2.05, 4.69) is 91.0 Å². The van der Waals surface area contributed by atoms with E-state index in [0.717, 1.165) is 41.5 Å². The molecule has 0 spiro atoms. The third-order valence-corrected chi connectivity index (χ3v) is 17.3. The summed E-state index contributed by atoms with van der Waals surface area (Å²) < 4.78 is 6.46. The maximum Gasteiger partial charge on any atom is 0.254 e. The van der Waals surface area contributed by atoms with Crippen molar-refractivity contribution < 1.29 is 24.2 Å². The summed E-state index contributed by atoms with van der Waals surface area (Å²) in [4.78, 5) is 46.7. The highest BCUT2D eigenvalue weighted by Gasteiger charge is 2.45. The van der Waals surface area contributed by atoms with Gasteiger partial charge in [0.25, 0.3) is 5.91 Å². The number of nitrogens with zero attached hydrogens (tertiary/aromatic N) is 3. The largest absolute Gasteiger partial charge is 0.508 e. The van der Waals surface area contributed by atoms with E-state index in [-0.39, 0.29) is 35.2 Å². The van der Waals surface area contributed by atoms with Gasteiger partial charge in [-0.2, -0.15) is 0 Å². The first-order chi connectivity index (χ1) is 30.8. The van der Waals surface area contributed by atoms with E-state index in [1.807, 2.05) is 82.4 Å². The number of hydrogen-bond acceptors (Lipinski definition) is 6. The number of allylic oxidation sites excluding steroid dienone is 3. The minimum absolute atomic E-state index is 0.0705. The molecular weight excluding hydrogens is 802 g/mol. The fraction of sp³-hybridized carbons (Fsp3) is 0.204. The summed E-state index contributed by atoms with van der Waals surface area (Å²) in [5.74, 6) is 0.724. The second-order valence-electron chi connectivity index (χ2n) is 16.5. The van der Waals surface area contributed by atoms with Gasteiger partial charge in [-0.1, -0.05) is 84.9 Å². The van der Waals surface area contributed by atoms with Gasteiger partial charge in [-0.05, 0) is 97.3 Å². The summed E-state index contributed by atoms with van der Waals surface area (Å²) in [7, 11) is -0.0182. The number of unbranched alkanes of at least 4 members (excludes halogenated alkanes) is 1. The Labute approximate surface area is 370 Å². The minimum Gasteiger partial charge on any atom is -0.508 e. The first-order valence-electron chi connectivity index (χ1n) is 21.8. The fourth-order valence-corrected chi connectivity index (χ4v) is 13.9. The number of fused-ring (bicyclic) bond motifs is 2. The predicted octanol–water partition coefficient (Wildman–Crippen LogP) is 8.77. The van der Waals surface area contributed by atoms with Crippen LogP contribution in [0.5, 0.6) is 11.5 Å². The number of phenolic OH excluding ortho intramolecular Hbond substituents is 1. The summed E-state index contributed by atoms with van der Waals surface area (Å²) in [5.41, 5.74) is 4.14. The first-order valence-corrected chi connectivity index (χ1v) is 23.8. The maximum absolute atomic E-state index is 14.5. The molecule has 9 rings (SSSR count). The number of carbonyl (C=O) groups is 3. The van der Waals surface area contributed by atoms with Crippen molar-refractivity contribution in [2.24, 2.45) is 5.92 Å². The van der Waals surface area contributed by atoms with E-state index in [0.29, 0.717) is 49.7 Å². The number of ketones is 1. The highest BCUT2D eigenvalue weighted by Crippen LogP contribution is 2.56. The van der Waals surface area contributed by atoms with Crippen LogP contribution < -0.4 is 25.6 Å². The molecule has 9 heteroatoms. The van der Waals surface area contributed by atoms with Crippen LogP contribution in [0.2, 0.25) is 0 Å². The molecule has 6 aromatic carbocycles. The van der Waals surface area contributed by atoms with Crippen LogP contribution in [0.1, 0.15) is 46.7 Å². The van der Waals surface area contributed by atoms with Crippen LogP contribution >= 0.6 is 7.26 Å². The molecule has 1 N–H and O–H groups in total. The zero-order valence-corrected chi connectivity index (χ0v) is 36.3. The number of ether oxygens (including phenoxy) is 1. The van der Waals surface area contributed by atoms with E-state index in [9.17, 15) is 19.5 Å². The fourth-order valence-electron chi connectivity index (χ4n) is 9.49. The van der Waals surface area contributed by atoms with Gasteiger partial charge < -0.3 is 24.5 Å². The van der Waals surface area contributed by atoms with Gasteiger partial charge in [-0.3, -0.25) is 14.4 Å². The molecule has 8 nitrogen and oxygen atoms in total. The number of amides is 2. The zero-order chi connectivity index (χ0) is 43.3. The third-order valence-electron chi connectivity index (χ3n) is 12.8. The molecule has 2 heterocycles.